The molecule has 4 rings (SSSR count). The zero-order valence-corrected chi connectivity index (χ0v) is 18.8. The van der Waals surface area contributed by atoms with Gasteiger partial charge in [-0.2, -0.15) is 0 Å². The number of benzene rings is 2. The van der Waals surface area contributed by atoms with E-state index in [1.54, 1.807) is 30.3 Å². The van der Waals surface area contributed by atoms with E-state index < -0.39 is 0 Å². The van der Waals surface area contributed by atoms with Gasteiger partial charge in [0, 0.05) is 23.7 Å². The summed E-state index contributed by atoms with van der Waals surface area (Å²) in [7, 11) is 0. The molecule has 1 aliphatic rings. The average Bonchev–Trinajstić information content (AvgIpc) is 3.19. The fourth-order valence-electron chi connectivity index (χ4n) is 3.97. The number of aromatic nitrogens is 2. The van der Waals surface area contributed by atoms with Gasteiger partial charge in [-0.1, -0.05) is 36.5 Å². The maximum atomic E-state index is 12.9. The van der Waals surface area contributed by atoms with E-state index in [0.717, 1.165) is 43.4 Å². The molecule has 1 unspecified atom stereocenters. The normalized spacial score (nSPS) is 16.5. The molecule has 1 fully saturated rings. The van der Waals surface area contributed by atoms with Crippen molar-refractivity contribution in [2.24, 2.45) is 5.92 Å². The lowest BCUT2D eigenvalue weighted by Gasteiger charge is -2.32. The minimum Gasteiger partial charge on any atom is -0.345 e. The first-order valence-electron chi connectivity index (χ1n) is 10.5. The molecule has 31 heavy (non-hydrogen) atoms. The first-order chi connectivity index (χ1) is 14.9. The van der Waals surface area contributed by atoms with Gasteiger partial charge in [0.1, 0.15) is 5.82 Å². The van der Waals surface area contributed by atoms with Gasteiger partial charge in [-0.15, -0.1) is 0 Å². The molecule has 162 valence electrons. The highest BCUT2D eigenvalue weighted by atomic mass is 35.5. The number of piperidine rings is 1. The fraction of sp³-hybridized carbons (Fsp3) is 0.348. The smallest absolute Gasteiger partial charge is 0.255 e. The number of fused-ring (bicyclic) bond motifs is 1. The van der Waals surface area contributed by atoms with Gasteiger partial charge >= 0.3 is 0 Å². The maximum Gasteiger partial charge on any atom is 0.255 e. The third-order valence-electron chi connectivity index (χ3n) is 5.75. The standard InChI is InChI=1S/C23H24Cl2N4O2/c1-2-14-4-3-9-29(13-14)23(31)17-7-5-15(10-18(17)25)22(30)26-12-21-27-19-8-6-16(24)11-20(19)28-21/h5-8,10-11,14H,2-4,9,12-13H2,1H3,(H,26,30)(H,27,28). The van der Waals surface area contributed by atoms with Crippen LogP contribution >= 0.6 is 23.2 Å². The lowest BCUT2D eigenvalue weighted by molar-refractivity contribution is 0.0671. The molecule has 2 amide bonds. The summed E-state index contributed by atoms with van der Waals surface area (Å²) in [4.78, 5) is 34.9. The molecule has 1 aliphatic heterocycles. The molecule has 3 aromatic rings. The number of halogens is 2. The van der Waals surface area contributed by atoms with E-state index in [9.17, 15) is 9.59 Å². The molecule has 0 saturated carbocycles. The molecule has 1 aromatic heterocycles. The second-order valence-electron chi connectivity index (χ2n) is 7.89. The molecular weight excluding hydrogens is 435 g/mol. The van der Waals surface area contributed by atoms with E-state index in [4.69, 9.17) is 23.2 Å². The van der Waals surface area contributed by atoms with Crippen LogP contribution in [0.4, 0.5) is 0 Å². The van der Waals surface area contributed by atoms with Crippen molar-refractivity contribution in [1.29, 1.82) is 0 Å². The zero-order valence-electron chi connectivity index (χ0n) is 17.3. The van der Waals surface area contributed by atoms with Crippen molar-refractivity contribution in [2.45, 2.75) is 32.7 Å². The van der Waals surface area contributed by atoms with Crippen LogP contribution in [0.2, 0.25) is 10.0 Å². The second-order valence-corrected chi connectivity index (χ2v) is 8.73. The van der Waals surface area contributed by atoms with Crippen LogP contribution in [0.25, 0.3) is 11.0 Å². The van der Waals surface area contributed by atoms with Crippen molar-refractivity contribution >= 4 is 46.0 Å². The van der Waals surface area contributed by atoms with Crippen LogP contribution in [0.15, 0.2) is 36.4 Å². The lowest BCUT2D eigenvalue weighted by Crippen LogP contribution is -2.39. The molecule has 1 saturated heterocycles. The largest absolute Gasteiger partial charge is 0.345 e. The number of imidazole rings is 1. The Morgan fingerprint density at radius 2 is 2.06 bits per heavy atom. The van der Waals surface area contributed by atoms with Gasteiger partial charge in [-0.25, -0.2) is 4.98 Å². The number of nitrogens with zero attached hydrogens (tertiary/aromatic N) is 2. The van der Waals surface area contributed by atoms with Gasteiger partial charge in [0.05, 0.1) is 28.2 Å². The van der Waals surface area contributed by atoms with Crippen LogP contribution in [-0.2, 0) is 6.54 Å². The van der Waals surface area contributed by atoms with Gasteiger partial charge in [-0.3, -0.25) is 9.59 Å². The van der Waals surface area contributed by atoms with E-state index in [0.29, 0.717) is 27.9 Å². The monoisotopic (exact) mass is 458 g/mol. The lowest BCUT2D eigenvalue weighted by atomic mass is 9.95. The van der Waals surface area contributed by atoms with Crippen LogP contribution in [0.3, 0.4) is 0 Å². The number of hydrogen-bond acceptors (Lipinski definition) is 3. The molecule has 0 aliphatic carbocycles. The Bertz CT molecular complexity index is 1130. The number of carbonyl (C=O) groups is 2. The number of amides is 2. The molecule has 2 N–H and O–H groups in total. The predicted molar refractivity (Wildman–Crippen MR) is 123 cm³/mol. The van der Waals surface area contributed by atoms with E-state index in [1.165, 1.54) is 0 Å². The zero-order chi connectivity index (χ0) is 22.0. The average molecular weight is 459 g/mol. The summed E-state index contributed by atoms with van der Waals surface area (Å²) >= 11 is 12.4. The molecule has 0 spiro atoms. The van der Waals surface area contributed by atoms with Crippen LogP contribution in [0.5, 0.6) is 0 Å². The quantitative estimate of drug-likeness (QED) is 0.560. The Labute approximate surface area is 190 Å². The Morgan fingerprint density at radius 3 is 2.84 bits per heavy atom. The molecule has 1 atom stereocenters. The number of carbonyl (C=O) groups excluding carboxylic acids is 2. The van der Waals surface area contributed by atoms with Crippen LogP contribution in [0.1, 0.15) is 52.7 Å². The van der Waals surface area contributed by atoms with Crippen molar-refractivity contribution in [3.63, 3.8) is 0 Å². The summed E-state index contributed by atoms with van der Waals surface area (Å²) in [5, 5.41) is 3.73. The SMILES string of the molecule is CCC1CCCN(C(=O)c2ccc(C(=O)NCc3nc4ccc(Cl)cc4[nH]3)cc2Cl)C1. The van der Waals surface area contributed by atoms with Gasteiger partial charge < -0.3 is 15.2 Å². The maximum absolute atomic E-state index is 12.9. The minimum atomic E-state index is -0.289. The summed E-state index contributed by atoms with van der Waals surface area (Å²) in [5.41, 5.74) is 2.42. The van der Waals surface area contributed by atoms with Gasteiger partial charge in [0.25, 0.3) is 11.8 Å². The highest BCUT2D eigenvalue weighted by Gasteiger charge is 2.25. The first-order valence-corrected chi connectivity index (χ1v) is 11.2. The van der Waals surface area contributed by atoms with E-state index in [2.05, 4.69) is 22.2 Å². The number of rotatable bonds is 5. The number of hydrogen-bond donors (Lipinski definition) is 2. The summed E-state index contributed by atoms with van der Waals surface area (Å²) in [6, 6.07) is 10.2. The fourth-order valence-corrected chi connectivity index (χ4v) is 4.40. The molecule has 0 radical (unpaired) electrons. The van der Waals surface area contributed by atoms with Crippen LogP contribution in [0, 0.1) is 5.92 Å². The predicted octanol–water partition coefficient (Wildman–Crippen LogP) is 5.06. The van der Waals surface area contributed by atoms with E-state index >= 15 is 0 Å². The Balaban J connectivity index is 1.41. The number of likely N-dealkylation sites (tertiary alicyclic amines) is 1. The van der Waals surface area contributed by atoms with E-state index in [1.807, 2.05) is 11.0 Å². The molecule has 8 heteroatoms. The number of H-pyrrole nitrogens is 1. The van der Waals surface area contributed by atoms with Gasteiger partial charge in [0.15, 0.2) is 0 Å². The first kappa shape index (κ1) is 21.7. The topological polar surface area (TPSA) is 78.1 Å². The summed E-state index contributed by atoms with van der Waals surface area (Å²) in [6.45, 7) is 3.89. The summed E-state index contributed by atoms with van der Waals surface area (Å²) < 4.78 is 0. The van der Waals surface area contributed by atoms with Crippen molar-refractivity contribution in [3.8, 4) is 0 Å². The van der Waals surface area contributed by atoms with Crippen molar-refractivity contribution < 1.29 is 9.59 Å². The molecule has 6 nitrogen and oxygen atoms in total. The Hall–Kier alpha value is -2.57. The third-order valence-corrected chi connectivity index (χ3v) is 6.30. The minimum absolute atomic E-state index is 0.0731. The summed E-state index contributed by atoms with van der Waals surface area (Å²) in [6.07, 6.45) is 3.23. The highest BCUT2D eigenvalue weighted by Crippen LogP contribution is 2.25. The van der Waals surface area contributed by atoms with Crippen molar-refractivity contribution in [3.05, 3.63) is 63.4 Å². The van der Waals surface area contributed by atoms with Crippen molar-refractivity contribution in [1.82, 2.24) is 20.2 Å². The second kappa shape index (κ2) is 9.28. The summed E-state index contributed by atoms with van der Waals surface area (Å²) in [5.74, 6) is 0.800. The number of nitrogens with one attached hydrogen (secondary N) is 2. The third kappa shape index (κ3) is 4.86. The molecule has 2 heterocycles. The molecule has 2 aromatic carbocycles. The molecule has 0 bridgehead atoms. The van der Waals surface area contributed by atoms with Crippen molar-refractivity contribution in [2.75, 3.05) is 13.1 Å². The van der Waals surface area contributed by atoms with E-state index in [-0.39, 0.29) is 23.4 Å². The number of aromatic amines is 1. The highest BCUT2D eigenvalue weighted by molar-refractivity contribution is 6.34. The van der Waals surface area contributed by atoms with Crippen LogP contribution < -0.4 is 5.32 Å². The van der Waals surface area contributed by atoms with Gasteiger partial charge in [-0.05, 0) is 55.2 Å². The Morgan fingerprint density at radius 1 is 1.23 bits per heavy atom. The van der Waals surface area contributed by atoms with Gasteiger partial charge in [0.2, 0.25) is 0 Å². The molecular formula is C23H24Cl2N4O2. The van der Waals surface area contributed by atoms with Crippen LogP contribution in [-0.4, -0.2) is 39.8 Å². The Kier molecular flexibility index (Phi) is 6.49.